The summed E-state index contributed by atoms with van der Waals surface area (Å²) >= 11 is 0. The number of amides is 1. The van der Waals surface area contributed by atoms with Crippen molar-refractivity contribution < 1.29 is 4.79 Å². The van der Waals surface area contributed by atoms with Crippen molar-refractivity contribution in [2.45, 2.75) is 47.5 Å². The first kappa shape index (κ1) is 22.0. The lowest BCUT2D eigenvalue weighted by molar-refractivity contribution is -0.117. The zero-order valence-corrected chi connectivity index (χ0v) is 17.1. The fourth-order valence-corrected chi connectivity index (χ4v) is 2.94. The minimum absolute atomic E-state index is 0.0279. The number of allylic oxidation sites excluding steroid dienone is 3. The Labute approximate surface area is 158 Å². The number of nitrogens with two attached hydrogens (primary N) is 1. The molecule has 1 heterocycles. The molecule has 146 valence electrons. The van der Waals surface area contributed by atoms with Crippen LogP contribution in [0.3, 0.4) is 0 Å². The van der Waals surface area contributed by atoms with Crippen molar-refractivity contribution in [2.75, 3.05) is 13.6 Å². The highest BCUT2D eigenvalue weighted by Gasteiger charge is 2.33. The Kier molecular flexibility index (Phi) is 8.08. The van der Waals surface area contributed by atoms with E-state index in [2.05, 4.69) is 62.5 Å². The zero-order chi connectivity index (χ0) is 19.9. The normalized spacial score (nSPS) is 26.4. The van der Waals surface area contributed by atoms with Gasteiger partial charge in [-0.25, -0.2) is 0 Å². The average molecular weight is 362 g/mol. The second-order valence-corrected chi connectivity index (χ2v) is 7.58. The number of nitrogens with zero attached hydrogens (tertiary/aromatic N) is 1. The van der Waals surface area contributed by atoms with Crippen LogP contribution in [0.1, 0.15) is 47.5 Å². The van der Waals surface area contributed by atoms with Crippen molar-refractivity contribution in [2.24, 2.45) is 28.1 Å². The van der Waals surface area contributed by atoms with Crippen molar-refractivity contribution in [3.05, 3.63) is 35.7 Å². The molecule has 6 heteroatoms. The molecule has 0 radical (unpaired) electrons. The third-order valence-electron chi connectivity index (χ3n) is 5.59. The molecule has 1 rings (SSSR count). The first-order valence-electron chi connectivity index (χ1n) is 9.18. The number of likely N-dealkylation sites (N-methyl/N-ethyl adjacent to an activating group) is 1. The molecule has 1 aliphatic rings. The molecule has 0 aromatic carbocycles. The van der Waals surface area contributed by atoms with Crippen molar-refractivity contribution in [1.82, 2.24) is 16.1 Å². The molecule has 2 atom stereocenters. The van der Waals surface area contributed by atoms with Crippen molar-refractivity contribution in [3.63, 3.8) is 0 Å². The largest absolute Gasteiger partial charge is 0.355 e. The molecule has 0 aromatic rings. The Balaban J connectivity index is 3.25. The van der Waals surface area contributed by atoms with Crippen LogP contribution < -0.4 is 21.9 Å². The summed E-state index contributed by atoms with van der Waals surface area (Å²) in [5.74, 6) is 6.94. The molecule has 0 bridgehead atoms. The molecule has 0 aliphatic carbocycles. The average Bonchev–Trinajstić information content (AvgIpc) is 2.61. The van der Waals surface area contributed by atoms with E-state index in [4.69, 9.17) is 10.8 Å². The summed E-state index contributed by atoms with van der Waals surface area (Å²) in [5, 5.41) is 5.95. The third-order valence-corrected chi connectivity index (χ3v) is 5.59. The Bertz CT molecular complexity index is 618. The minimum Gasteiger partial charge on any atom is -0.355 e. The van der Waals surface area contributed by atoms with Crippen molar-refractivity contribution in [3.8, 4) is 0 Å². The van der Waals surface area contributed by atoms with E-state index < -0.39 is 0 Å². The molecule has 1 aliphatic heterocycles. The minimum atomic E-state index is -0.174. The standard InChI is InChI=1S/C20H35N5O/c1-13(2)20(6)12-23-18(24-15(4)10-8-9-14(20)3)11-17(16(5)25-21)19(26)22-7/h8-9,13-14,25H,4,10-12,21H2,1-3,5-7H3,(H,22,26)(H,23,24)/b9-8-,17-16+. The maximum atomic E-state index is 12.3. The molecule has 2 unspecified atom stereocenters. The van der Waals surface area contributed by atoms with Crippen molar-refractivity contribution in [1.29, 1.82) is 0 Å². The number of nitrogens with one attached hydrogen (secondary N) is 3. The number of amidine groups is 1. The van der Waals surface area contributed by atoms with E-state index in [1.54, 1.807) is 14.0 Å². The topological polar surface area (TPSA) is 91.5 Å². The maximum Gasteiger partial charge on any atom is 0.249 e. The molecule has 0 fully saturated rings. The fourth-order valence-electron chi connectivity index (χ4n) is 2.94. The van der Waals surface area contributed by atoms with E-state index in [1.807, 2.05) is 0 Å². The van der Waals surface area contributed by atoms with E-state index >= 15 is 0 Å². The van der Waals surface area contributed by atoms with Crippen LogP contribution in [-0.2, 0) is 4.79 Å². The van der Waals surface area contributed by atoms with Gasteiger partial charge in [0.1, 0.15) is 5.84 Å². The molecule has 26 heavy (non-hydrogen) atoms. The summed E-state index contributed by atoms with van der Waals surface area (Å²) in [5.41, 5.74) is 4.64. The Hall–Kier alpha value is -2.08. The number of carbonyl (C=O) groups excluding carboxylic acids is 1. The van der Waals surface area contributed by atoms with Crippen molar-refractivity contribution >= 4 is 11.7 Å². The predicted molar refractivity (Wildman–Crippen MR) is 109 cm³/mol. The molecule has 0 saturated heterocycles. The van der Waals surface area contributed by atoms with Crippen LogP contribution in [0.25, 0.3) is 0 Å². The van der Waals surface area contributed by atoms with Gasteiger partial charge in [0.15, 0.2) is 0 Å². The SMILES string of the molecule is C=C1C/C=C\C(C)C(C)(C(C)C)CN=C(C/C(C(=O)NC)=C(/C)NN)N1. The molecule has 1 amide bonds. The number of carbonyl (C=O) groups is 1. The summed E-state index contributed by atoms with van der Waals surface area (Å²) in [4.78, 5) is 17.1. The van der Waals surface area contributed by atoms with Gasteiger partial charge in [0, 0.05) is 43.4 Å². The van der Waals surface area contributed by atoms with E-state index in [0.29, 0.717) is 36.1 Å². The molecule has 6 nitrogen and oxygen atoms in total. The summed E-state index contributed by atoms with van der Waals surface area (Å²) in [7, 11) is 1.61. The molecular weight excluding hydrogens is 326 g/mol. The summed E-state index contributed by atoms with van der Waals surface area (Å²) in [6, 6.07) is 0. The number of hydrogen-bond acceptors (Lipinski definition) is 5. The highest BCUT2D eigenvalue weighted by molar-refractivity contribution is 6.00. The number of rotatable bonds is 5. The van der Waals surface area contributed by atoms with E-state index in [9.17, 15) is 4.79 Å². The second kappa shape index (κ2) is 9.57. The van der Waals surface area contributed by atoms with Gasteiger partial charge in [-0.05, 0) is 24.2 Å². The molecule has 0 saturated carbocycles. The Morgan fingerprint density at radius 1 is 1.54 bits per heavy atom. The van der Waals surface area contributed by atoms with Gasteiger partial charge >= 0.3 is 0 Å². The van der Waals surface area contributed by atoms with Gasteiger partial charge in [0.05, 0.1) is 0 Å². The second-order valence-electron chi connectivity index (χ2n) is 7.58. The van der Waals surface area contributed by atoms with Crippen LogP contribution in [0, 0.1) is 17.3 Å². The van der Waals surface area contributed by atoms with Crippen LogP contribution in [0.2, 0.25) is 0 Å². The van der Waals surface area contributed by atoms with Gasteiger partial charge in [-0.2, -0.15) is 0 Å². The van der Waals surface area contributed by atoms with Gasteiger partial charge in [0.2, 0.25) is 5.91 Å². The highest BCUT2D eigenvalue weighted by atomic mass is 16.1. The number of aliphatic imine (C=N–C) groups is 1. The Morgan fingerprint density at radius 2 is 2.19 bits per heavy atom. The lowest BCUT2D eigenvalue weighted by Gasteiger charge is -2.37. The lowest BCUT2D eigenvalue weighted by Crippen LogP contribution is -2.36. The van der Waals surface area contributed by atoms with Crippen LogP contribution in [0.4, 0.5) is 0 Å². The van der Waals surface area contributed by atoms with E-state index in [1.165, 1.54) is 0 Å². The van der Waals surface area contributed by atoms with Crippen LogP contribution in [0.15, 0.2) is 40.7 Å². The first-order chi connectivity index (χ1) is 12.2. The quantitative estimate of drug-likeness (QED) is 0.262. The van der Waals surface area contributed by atoms with Crippen LogP contribution in [0.5, 0.6) is 0 Å². The smallest absolute Gasteiger partial charge is 0.249 e. The van der Waals surface area contributed by atoms with E-state index in [-0.39, 0.29) is 11.3 Å². The summed E-state index contributed by atoms with van der Waals surface area (Å²) in [6.45, 7) is 15.5. The van der Waals surface area contributed by atoms with Gasteiger partial charge < -0.3 is 16.1 Å². The molecule has 5 N–H and O–H groups in total. The first-order valence-corrected chi connectivity index (χ1v) is 9.18. The van der Waals surface area contributed by atoms with Crippen LogP contribution >= 0.6 is 0 Å². The molecule has 0 aromatic heterocycles. The summed E-state index contributed by atoms with van der Waals surface area (Å²) < 4.78 is 0. The van der Waals surface area contributed by atoms with Crippen LogP contribution in [-0.4, -0.2) is 25.3 Å². The maximum absolute atomic E-state index is 12.3. The molecule has 0 spiro atoms. The van der Waals surface area contributed by atoms with Gasteiger partial charge in [-0.1, -0.05) is 46.4 Å². The lowest BCUT2D eigenvalue weighted by atomic mass is 9.69. The predicted octanol–water partition coefficient (Wildman–Crippen LogP) is 2.62. The Morgan fingerprint density at radius 3 is 2.73 bits per heavy atom. The van der Waals surface area contributed by atoms with Gasteiger partial charge in [-0.15, -0.1) is 0 Å². The van der Waals surface area contributed by atoms with Gasteiger partial charge in [0.25, 0.3) is 0 Å². The molecular formula is C20H35N5O. The van der Waals surface area contributed by atoms with Gasteiger partial charge in [-0.3, -0.25) is 15.6 Å². The third kappa shape index (κ3) is 5.46. The monoisotopic (exact) mass is 361 g/mol. The number of hydrazine groups is 1. The summed E-state index contributed by atoms with van der Waals surface area (Å²) in [6.07, 6.45) is 5.50. The van der Waals surface area contributed by atoms with E-state index in [0.717, 1.165) is 18.0 Å². The zero-order valence-electron chi connectivity index (χ0n) is 17.1. The number of hydrogen-bond donors (Lipinski definition) is 4. The fraction of sp³-hybridized carbons (Fsp3) is 0.600. The highest BCUT2D eigenvalue weighted by Crippen LogP contribution is 2.37.